The van der Waals surface area contributed by atoms with E-state index >= 15 is 0 Å². The van der Waals surface area contributed by atoms with Crippen LogP contribution in [-0.4, -0.2) is 17.9 Å². The van der Waals surface area contributed by atoms with E-state index in [2.05, 4.69) is 15.6 Å². The van der Waals surface area contributed by atoms with Crippen LogP contribution in [0.4, 0.5) is 5.69 Å². The fourth-order valence-corrected chi connectivity index (χ4v) is 1.76. The van der Waals surface area contributed by atoms with Crippen molar-refractivity contribution in [2.24, 2.45) is 0 Å². The summed E-state index contributed by atoms with van der Waals surface area (Å²) in [4.78, 5) is 16.2. The van der Waals surface area contributed by atoms with Crippen molar-refractivity contribution in [1.82, 2.24) is 10.3 Å². The van der Waals surface area contributed by atoms with Gasteiger partial charge in [-0.05, 0) is 42.8 Å². The number of nitrogens with one attached hydrogen (secondary N) is 2. The van der Waals surface area contributed by atoms with E-state index in [0.29, 0.717) is 12.1 Å². The maximum absolute atomic E-state index is 12.0. The van der Waals surface area contributed by atoms with E-state index in [1.165, 1.54) is 0 Å². The van der Waals surface area contributed by atoms with Crippen molar-refractivity contribution in [2.45, 2.75) is 13.5 Å². The van der Waals surface area contributed by atoms with Crippen LogP contribution in [0.1, 0.15) is 21.6 Å². The summed E-state index contributed by atoms with van der Waals surface area (Å²) in [5.74, 6) is -0.0901. The molecule has 1 heterocycles. The Kier molecular flexibility index (Phi) is 4.13. The lowest BCUT2D eigenvalue weighted by molar-refractivity contribution is 0.0950. The van der Waals surface area contributed by atoms with Crippen LogP contribution in [0.3, 0.4) is 0 Å². The lowest BCUT2D eigenvalue weighted by atomic mass is 10.2. The van der Waals surface area contributed by atoms with E-state index in [1.807, 2.05) is 38.2 Å². The molecule has 0 radical (unpaired) electrons. The molecular formula is C15H17N3O. The lowest BCUT2D eigenvalue weighted by Crippen LogP contribution is -2.23. The van der Waals surface area contributed by atoms with Gasteiger partial charge in [0.2, 0.25) is 0 Å². The van der Waals surface area contributed by atoms with Gasteiger partial charge in [0.05, 0.1) is 12.2 Å². The van der Waals surface area contributed by atoms with E-state index < -0.39 is 0 Å². The van der Waals surface area contributed by atoms with Crippen molar-refractivity contribution < 1.29 is 4.79 Å². The van der Waals surface area contributed by atoms with Gasteiger partial charge in [0, 0.05) is 24.5 Å². The van der Waals surface area contributed by atoms with E-state index in [9.17, 15) is 4.79 Å². The molecule has 0 unspecified atom stereocenters. The molecule has 2 rings (SSSR count). The first-order valence-corrected chi connectivity index (χ1v) is 6.17. The highest BCUT2D eigenvalue weighted by Gasteiger charge is 2.06. The van der Waals surface area contributed by atoms with Gasteiger partial charge in [0.1, 0.15) is 0 Å². The number of amides is 1. The zero-order chi connectivity index (χ0) is 13.7. The minimum atomic E-state index is -0.0901. The summed E-state index contributed by atoms with van der Waals surface area (Å²) in [6.07, 6.45) is 1.73. The molecule has 2 N–H and O–H groups in total. The second-order valence-corrected chi connectivity index (χ2v) is 4.28. The maximum Gasteiger partial charge on any atom is 0.251 e. The number of pyridine rings is 1. The molecule has 2 aromatic rings. The molecule has 4 heteroatoms. The highest BCUT2D eigenvalue weighted by atomic mass is 16.1. The van der Waals surface area contributed by atoms with Gasteiger partial charge >= 0.3 is 0 Å². The molecule has 0 saturated carbocycles. The van der Waals surface area contributed by atoms with E-state index in [4.69, 9.17) is 0 Å². The van der Waals surface area contributed by atoms with Crippen LogP contribution in [0.15, 0.2) is 42.6 Å². The zero-order valence-electron chi connectivity index (χ0n) is 11.1. The Balaban J connectivity index is 1.99. The molecule has 98 valence electrons. The third-order valence-corrected chi connectivity index (χ3v) is 2.97. The van der Waals surface area contributed by atoms with Gasteiger partial charge < -0.3 is 10.6 Å². The molecule has 0 atom stereocenters. The number of benzene rings is 1. The normalized spacial score (nSPS) is 10.0. The van der Waals surface area contributed by atoms with E-state index in [0.717, 1.165) is 16.9 Å². The van der Waals surface area contributed by atoms with Crippen LogP contribution in [-0.2, 0) is 6.54 Å². The molecule has 1 aromatic heterocycles. The number of aryl methyl sites for hydroxylation is 1. The van der Waals surface area contributed by atoms with Gasteiger partial charge in [-0.2, -0.15) is 0 Å². The Labute approximate surface area is 112 Å². The first kappa shape index (κ1) is 13.1. The summed E-state index contributed by atoms with van der Waals surface area (Å²) in [6.45, 7) is 2.43. The lowest BCUT2D eigenvalue weighted by Gasteiger charge is -2.07. The molecule has 4 nitrogen and oxygen atoms in total. The Bertz CT molecular complexity index is 564. The third-order valence-electron chi connectivity index (χ3n) is 2.97. The number of hydrogen-bond donors (Lipinski definition) is 2. The van der Waals surface area contributed by atoms with Crippen LogP contribution in [0.2, 0.25) is 0 Å². The molecule has 1 aromatic carbocycles. The first-order chi connectivity index (χ1) is 9.20. The molecule has 0 saturated heterocycles. The first-order valence-electron chi connectivity index (χ1n) is 6.17. The number of carbonyl (C=O) groups is 1. The van der Waals surface area contributed by atoms with E-state index in [1.54, 1.807) is 18.3 Å². The Morgan fingerprint density at radius 1 is 1.21 bits per heavy atom. The van der Waals surface area contributed by atoms with Crippen LogP contribution < -0.4 is 10.6 Å². The number of hydrogen-bond acceptors (Lipinski definition) is 3. The van der Waals surface area contributed by atoms with Crippen LogP contribution >= 0.6 is 0 Å². The Morgan fingerprint density at radius 3 is 2.58 bits per heavy atom. The number of carbonyl (C=O) groups excluding carboxylic acids is 1. The molecule has 1 amide bonds. The smallest absolute Gasteiger partial charge is 0.251 e. The second kappa shape index (κ2) is 6.00. The van der Waals surface area contributed by atoms with Crippen molar-refractivity contribution in [3.63, 3.8) is 0 Å². The standard InChI is InChI=1S/C15H17N3O/c1-11-4-3-9-17-14(11)10-18-15(19)12-5-7-13(16-2)8-6-12/h3-9,16H,10H2,1-2H3,(H,18,19). The van der Waals surface area contributed by atoms with Crippen molar-refractivity contribution in [3.8, 4) is 0 Å². The fourth-order valence-electron chi connectivity index (χ4n) is 1.76. The molecule has 0 fully saturated rings. The van der Waals surface area contributed by atoms with Gasteiger partial charge in [-0.3, -0.25) is 9.78 Å². The predicted molar refractivity (Wildman–Crippen MR) is 76.1 cm³/mol. The van der Waals surface area contributed by atoms with Crippen molar-refractivity contribution >= 4 is 11.6 Å². The van der Waals surface area contributed by atoms with Crippen LogP contribution in [0.5, 0.6) is 0 Å². The average Bonchev–Trinajstić information content (AvgIpc) is 2.46. The van der Waals surface area contributed by atoms with Gasteiger partial charge in [0.15, 0.2) is 0 Å². The SMILES string of the molecule is CNc1ccc(C(=O)NCc2ncccc2C)cc1. The zero-order valence-corrected chi connectivity index (χ0v) is 11.1. The minimum absolute atomic E-state index is 0.0901. The quantitative estimate of drug-likeness (QED) is 0.881. The molecule has 0 aliphatic rings. The van der Waals surface area contributed by atoms with E-state index in [-0.39, 0.29) is 5.91 Å². The average molecular weight is 255 g/mol. The monoisotopic (exact) mass is 255 g/mol. The second-order valence-electron chi connectivity index (χ2n) is 4.28. The van der Waals surface area contributed by atoms with Crippen molar-refractivity contribution in [3.05, 3.63) is 59.4 Å². The molecule has 0 bridgehead atoms. The van der Waals surface area contributed by atoms with Gasteiger partial charge in [-0.25, -0.2) is 0 Å². The summed E-state index contributed by atoms with van der Waals surface area (Å²) in [5.41, 5.74) is 3.60. The summed E-state index contributed by atoms with van der Waals surface area (Å²) in [6, 6.07) is 11.2. The molecule has 0 aliphatic heterocycles. The number of nitrogens with zero attached hydrogens (tertiary/aromatic N) is 1. The van der Waals surface area contributed by atoms with Gasteiger partial charge in [0.25, 0.3) is 5.91 Å². The Morgan fingerprint density at radius 2 is 1.95 bits per heavy atom. The van der Waals surface area contributed by atoms with Crippen molar-refractivity contribution in [1.29, 1.82) is 0 Å². The molecule has 0 spiro atoms. The molecule has 19 heavy (non-hydrogen) atoms. The maximum atomic E-state index is 12.0. The number of anilines is 1. The summed E-state index contributed by atoms with van der Waals surface area (Å²) in [5, 5.41) is 5.89. The Hall–Kier alpha value is -2.36. The minimum Gasteiger partial charge on any atom is -0.388 e. The molecule has 0 aliphatic carbocycles. The highest BCUT2D eigenvalue weighted by molar-refractivity contribution is 5.94. The van der Waals surface area contributed by atoms with Crippen LogP contribution in [0, 0.1) is 6.92 Å². The van der Waals surface area contributed by atoms with Crippen LogP contribution in [0.25, 0.3) is 0 Å². The summed E-state index contributed by atoms with van der Waals surface area (Å²) >= 11 is 0. The van der Waals surface area contributed by atoms with Gasteiger partial charge in [-0.1, -0.05) is 6.07 Å². The predicted octanol–water partition coefficient (Wildman–Crippen LogP) is 2.36. The van der Waals surface area contributed by atoms with Crippen molar-refractivity contribution in [2.75, 3.05) is 12.4 Å². The summed E-state index contributed by atoms with van der Waals surface area (Å²) in [7, 11) is 1.85. The largest absolute Gasteiger partial charge is 0.388 e. The third kappa shape index (κ3) is 3.31. The van der Waals surface area contributed by atoms with Gasteiger partial charge in [-0.15, -0.1) is 0 Å². The number of aromatic nitrogens is 1. The topological polar surface area (TPSA) is 54.0 Å². The highest BCUT2D eigenvalue weighted by Crippen LogP contribution is 2.09. The molecular weight excluding hydrogens is 238 g/mol. The number of rotatable bonds is 4. The summed E-state index contributed by atoms with van der Waals surface area (Å²) < 4.78 is 0. The fraction of sp³-hybridized carbons (Fsp3) is 0.200.